The van der Waals surface area contributed by atoms with Crippen molar-refractivity contribution in [3.05, 3.63) is 33.0 Å². The molecule has 0 fully saturated rings. The average Bonchev–Trinajstić information content (AvgIpc) is 3.24. The first-order valence-corrected chi connectivity index (χ1v) is 7.57. The summed E-state index contributed by atoms with van der Waals surface area (Å²) >= 11 is 0. The molecule has 3 rings (SSSR count). The lowest BCUT2D eigenvalue weighted by atomic mass is 10.2. The van der Waals surface area contributed by atoms with E-state index in [1.807, 2.05) is 6.92 Å². The lowest BCUT2D eigenvalue weighted by Gasteiger charge is -2.14. The Labute approximate surface area is 140 Å². The van der Waals surface area contributed by atoms with E-state index in [9.17, 15) is 14.4 Å². The summed E-state index contributed by atoms with van der Waals surface area (Å²) in [4.78, 5) is 41.3. The molecule has 12 heteroatoms. The first-order valence-electron chi connectivity index (χ1n) is 7.57. The minimum Gasteiger partial charge on any atom is -0.344 e. The summed E-state index contributed by atoms with van der Waals surface area (Å²) in [6, 6.07) is -0.466. The van der Waals surface area contributed by atoms with Gasteiger partial charge in [-0.2, -0.15) is 5.21 Å². The molecular weight excluding hydrogens is 330 g/mol. The van der Waals surface area contributed by atoms with Crippen LogP contribution in [0.2, 0.25) is 0 Å². The molecule has 3 aromatic rings. The largest absolute Gasteiger partial charge is 0.344 e. The van der Waals surface area contributed by atoms with Crippen molar-refractivity contribution in [2.75, 3.05) is 0 Å². The minimum absolute atomic E-state index is 0.250. The van der Waals surface area contributed by atoms with Crippen molar-refractivity contribution >= 4 is 17.1 Å². The average molecular weight is 347 g/mol. The maximum atomic E-state index is 12.6. The number of tetrazole rings is 1. The third kappa shape index (κ3) is 2.81. The molecule has 0 aliphatic carbocycles. The molecule has 0 saturated carbocycles. The quantitative estimate of drug-likeness (QED) is 0.554. The van der Waals surface area contributed by atoms with Crippen LogP contribution in [-0.4, -0.2) is 45.2 Å². The molecule has 3 heterocycles. The number of hydrogen-bond acceptors (Lipinski definition) is 7. The van der Waals surface area contributed by atoms with E-state index in [1.165, 1.54) is 22.5 Å². The Hall–Kier alpha value is -3.31. The Kier molecular flexibility index (Phi) is 4.17. The van der Waals surface area contributed by atoms with Gasteiger partial charge in [0, 0.05) is 14.1 Å². The van der Waals surface area contributed by atoms with Crippen LogP contribution in [0.4, 0.5) is 0 Å². The fourth-order valence-corrected chi connectivity index (χ4v) is 2.59. The number of rotatable bonds is 5. The van der Waals surface area contributed by atoms with E-state index >= 15 is 0 Å². The zero-order chi connectivity index (χ0) is 18.1. The molecule has 1 unspecified atom stereocenters. The van der Waals surface area contributed by atoms with Crippen LogP contribution in [0.5, 0.6) is 0 Å². The topological polar surface area (TPSA) is 145 Å². The predicted molar refractivity (Wildman–Crippen MR) is 85.6 cm³/mol. The second-order valence-electron chi connectivity index (χ2n) is 5.56. The molecular formula is C13H17N9O3. The number of nitrogens with zero attached hydrogens (tertiary/aromatic N) is 7. The van der Waals surface area contributed by atoms with E-state index in [2.05, 4.69) is 30.9 Å². The summed E-state index contributed by atoms with van der Waals surface area (Å²) in [6.45, 7) is 1.43. The number of H-pyrrole nitrogens is 1. The summed E-state index contributed by atoms with van der Waals surface area (Å²) < 4.78 is 3.63. The van der Waals surface area contributed by atoms with Gasteiger partial charge in [0.15, 0.2) is 17.0 Å². The highest BCUT2D eigenvalue weighted by Gasteiger charge is 2.20. The molecule has 0 aliphatic rings. The number of nitrogens with one attached hydrogen (secondary N) is 2. The van der Waals surface area contributed by atoms with Crippen LogP contribution in [0.3, 0.4) is 0 Å². The molecule has 0 aromatic carbocycles. The molecule has 25 heavy (non-hydrogen) atoms. The predicted octanol–water partition coefficient (Wildman–Crippen LogP) is -1.79. The maximum absolute atomic E-state index is 12.6. The van der Waals surface area contributed by atoms with Crippen LogP contribution in [0.25, 0.3) is 11.2 Å². The number of amides is 1. The Bertz CT molecular complexity index is 1030. The number of imidazole rings is 1. The van der Waals surface area contributed by atoms with Gasteiger partial charge in [-0.25, -0.2) is 14.3 Å². The molecule has 0 aliphatic heterocycles. The van der Waals surface area contributed by atoms with E-state index in [0.29, 0.717) is 12.2 Å². The first-order chi connectivity index (χ1) is 11.9. The monoisotopic (exact) mass is 347 g/mol. The summed E-state index contributed by atoms with van der Waals surface area (Å²) in [5, 5.41) is 16.1. The Morgan fingerprint density at radius 2 is 2.12 bits per heavy atom. The molecule has 12 nitrogen and oxygen atoms in total. The third-order valence-electron chi connectivity index (χ3n) is 3.92. The normalized spacial score (nSPS) is 12.4. The molecule has 1 atom stereocenters. The van der Waals surface area contributed by atoms with Crippen molar-refractivity contribution in [3.63, 3.8) is 0 Å². The highest BCUT2D eigenvalue weighted by Crippen LogP contribution is 2.09. The fraction of sp³-hybridized carbons (Fsp3) is 0.462. The lowest BCUT2D eigenvalue weighted by molar-refractivity contribution is -0.122. The number of aryl methyl sites for hydroxylation is 2. The molecule has 0 bridgehead atoms. The molecule has 0 radical (unpaired) electrons. The second-order valence-corrected chi connectivity index (χ2v) is 5.56. The zero-order valence-electron chi connectivity index (χ0n) is 13.9. The van der Waals surface area contributed by atoms with Gasteiger partial charge in [0.1, 0.15) is 6.54 Å². The van der Waals surface area contributed by atoms with Crippen molar-refractivity contribution < 1.29 is 4.79 Å². The standard InChI is InChI=1S/C13H17N9O3/c1-4-7(10-16-18-19-17-10)15-8(23)5-22-12(24)9-11(14-6-20(9)2)21(3)13(22)25/h6-7H,4-5H2,1-3H3,(H,15,23)(H,16,17,18,19). The van der Waals surface area contributed by atoms with Crippen LogP contribution < -0.4 is 16.6 Å². The number of aromatic nitrogens is 8. The molecule has 1 amide bonds. The lowest BCUT2D eigenvalue weighted by Crippen LogP contribution is -2.44. The summed E-state index contributed by atoms with van der Waals surface area (Å²) in [7, 11) is 3.15. The SMILES string of the molecule is CCC(NC(=O)Cn1c(=O)c2c(ncn2C)n(C)c1=O)c1nn[nH]n1. The van der Waals surface area contributed by atoms with E-state index in [1.54, 1.807) is 7.05 Å². The van der Waals surface area contributed by atoms with Crippen LogP contribution in [0.1, 0.15) is 25.2 Å². The highest BCUT2D eigenvalue weighted by molar-refractivity contribution is 5.77. The van der Waals surface area contributed by atoms with Crippen LogP contribution in [-0.2, 0) is 25.4 Å². The Morgan fingerprint density at radius 3 is 2.76 bits per heavy atom. The Balaban J connectivity index is 1.92. The summed E-state index contributed by atoms with van der Waals surface area (Å²) in [5.74, 6) is -0.171. The molecule has 132 valence electrons. The van der Waals surface area contributed by atoms with Gasteiger partial charge in [-0.1, -0.05) is 12.1 Å². The highest BCUT2D eigenvalue weighted by atomic mass is 16.2. The number of carbonyl (C=O) groups excluding carboxylic acids is 1. The van der Waals surface area contributed by atoms with Crippen molar-refractivity contribution in [1.29, 1.82) is 0 Å². The van der Waals surface area contributed by atoms with Gasteiger partial charge in [-0.05, 0) is 6.42 Å². The Morgan fingerprint density at radius 1 is 1.36 bits per heavy atom. The maximum Gasteiger partial charge on any atom is 0.332 e. The summed E-state index contributed by atoms with van der Waals surface area (Å²) in [6.07, 6.45) is 1.97. The van der Waals surface area contributed by atoms with Gasteiger partial charge in [0.05, 0.1) is 12.4 Å². The first kappa shape index (κ1) is 16.5. The van der Waals surface area contributed by atoms with Crippen LogP contribution >= 0.6 is 0 Å². The van der Waals surface area contributed by atoms with Gasteiger partial charge in [0.25, 0.3) is 5.56 Å². The van der Waals surface area contributed by atoms with E-state index < -0.39 is 29.7 Å². The minimum atomic E-state index is -0.612. The van der Waals surface area contributed by atoms with Crippen molar-refractivity contribution in [1.82, 2.24) is 44.6 Å². The van der Waals surface area contributed by atoms with Crippen LogP contribution in [0, 0.1) is 0 Å². The van der Waals surface area contributed by atoms with Gasteiger partial charge in [-0.3, -0.25) is 14.2 Å². The summed E-state index contributed by atoms with van der Waals surface area (Å²) in [5.41, 5.74) is -0.660. The van der Waals surface area contributed by atoms with Gasteiger partial charge in [0.2, 0.25) is 5.91 Å². The third-order valence-corrected chi connectivity index (χ3v) is 3.92. The molecule has 0 saturated heterocycles. The van der Waals surface area contributed by atoms with Crippen molar-refractivity contribution in [2.45, 2.75) is 25.9 Å². The van der Waals surface area contributed by atoms with Crippen molar-refractivity contribution in [2.24, 2.45) is 14.1 Å². The smallest absolute Gasteiger partial charge is 0.332 e. The number of fused-ring (bicyclic) bond motifs is 1. The van der Waals surface area contributed by atoms with E-state index in [4.69, 9.17) is 0 Å². The molecule has 2 N–H and O–H groups in total. The number of carbonyl (C=O) groups is 1. The van der Waals surface area contributed by atoms with E-state index in [0.717, 1.165) is 4.57 Å². The molecule has 0 spiro atoms. The van der Waals surface area contributed by atoms with Gasteiger partial charge < -0.3 is 9.88 Å². The van der Waals surface area contributed by atoms with Crippen molar-refractivity contribution in [3.8, 4) is 0 Å². The van der Waals surface area contributed by atoms with Gasteiger partial charge in [-0.15, -0.1) is 10.2 Å². The second kappa shape index (κ2) is 6.30. The van der Waals surface area contributed by atoms with E-state index in [-0.39, 0.29) is 11.2 Å². The fourth-order valence-electron chi connectivity index (χ4n) is 2.59. The van der Waals surface area contributed by atoms with Crippen LogP contribution in [0.15, 0.2) is 15.9 Å². The van der Waals surface area contributed by atoms with Gasteiger partial charge >= 0.3 is 5.69 Å². The number of aromatic amines is 1. The zero-order valence-corrected chi connectivity index (χ0v) is 13.9. The number of hydrogen-bond donors (Lipinski definition) is 2. The molecule has 3 aromatic heterocycles.